The number of thiazole rings is 1. The van der Waals surface area contributed by atoms with E-state index in [1.807, 2.05) is 6.92 Å². The van der Waals surface area contributed by atoms with Crippen molar-refractivity contribution in [2.45, 2.75) is 6.92 Å². The van der Waals surface area contributed by atoms with Crippen LogP contribution in [-0.2, 0) is 0 Å². The summed E-state index contributed by atoms with van der Waals surface area (Å²) in [5.74, 6) is 0.891. The minimum absolute atomic E-state index is 0.0724. The lowest BCUT2D eigenvalue weighted by Crippen LogP contribution is -2.03. The average Bonchev–Trinajstić information content (AvgIpc) is 2.69. The van der Waals surface area contributed by atoms with Crippen molar-refractivity contribution in [3.05, 3.63) is 28.3 Å². The van der Waals surface area contributed by atoms with Crippen LogP contribution in [0.2, 0.25) is 0 Å². The average molecular weight is 299 g/mol. The van der Waals surface area contributed by atoms with Crippen molar-refractivity contribution in [1.82, 2.24) is 4.98 Å². The normalized spacial score (nSPS) is 10.5. The van der Waals surface area contributed by atoms with Crippen molar-refractivity contribution in [1.29, 1.82) is 0 Å². The molecule has 0 saturated heterocycles. The summed E-state index contributed by atoms with van der Waals surface area (Å²) in [6, 6.07) is 4.62. The number of nitrogens with one attached hydrogen (secondary N) is 1. The molecule has 0 aliphatic carbocycles. The van der Waals surface area contributed by atoms with E-state index in [1.54, 1.807) is 6.07 Å². The van der Waals surface area contributed by atoms with Gasteiger partial charge in [0.25, 0.3) is 5.69 Å². The number of thioether (sulfide) groups is 1. The summed E-state index contributed by atoms with van der Waals surface area (Å²) in [6.07, 6.45) is 0. The number of hydrogen-bond donors (Lipinski definition) is 1. The lowest BCUT2D eigenvalue weighted by atomic mass is 10.3. The molecule has 1 aromatic heterocycles. The zero-order valence-electron chi connectivity index (χ0n) is 9.37. The molecule has 0 atom stereocenters. The number of non-ortho nitro benzene ring substituents is 1. The molecule has 0 aliphatic heterocycles. The van der Waals surface area contributed by atoms with Gasteiger partial charge < -0.3 is 5.32 Å². The minimum Gasteiger partial charge on any atom is -0.317 e. The number of aromatic nitrogens is 1. The molecule has 2 rings (SSSR count). The van der Waals surface area contributed by atoms with Crippen LogP contribution in [0.3, 0.4) is 0 Å². The molecule has 18 heavy (non-hydrogen) atoms. The van der Waals surface area contributed by atoms with Crippen LogP contribution in [0.5, 0.6) is 0 Å². The van der Waals surface area contributed by atoms with Crippen LogP contribution in [0.4, 0.5) is 10.8 Å². The van der Waals surface area contributed by atoms with Crippen molar-refractivity contribution in [2.24, 2.45) is 0 Å². The van der Waals surface area contributed by atoms with Gasteiger partial charge in [0.2, 0.25) is 0 Å². The van der Waals surface area contributed by atoms with Crippen molar-refractivity contribution in [2.75, 3.05) is 11.1 Å². The Morgan fingerprint density at radius 1 is 1.67 bits per heavy atom. The molecule has 1 N–H and O–H groups in total. The predicted octanol–water partition coefficient (Wildman–Crippen LogP) is 3.65. The summed E-state index contributed by atoms with van der Waals surface area (Å²) < 4.78 is 1.43. The SMILES string of the molecule is CCSC(=S)Nc1nc2ccc([N+](=O)[O-])cc2s1. The van der Waals surface area contributed by atoms with Crippen LogP contribution in [0.25, 0.3) is 10.2 Å². The fourth-order valence-corrected chi connectivity index (χ4v) is 3.25. The van der Waals surface area contributed by atoms with E-state index >= 15 is 0 Å². The number of nitrogens with zero attached hydrogens (tertiary/aromatic N) is 2. The van der Waals surface area contributed by atoms with Gasteiger partial charge in [-0.15, -0.1) is 0 Å². The topological polar surface area (TPSA) is 68.1 Å². The first kappa shape index (κ1) is 13.2. The van der Waals surface area contributed by atoms with Gasteiger partial charge in [-0.2, -0.15) is 0 Å². The number of thiocarbonyl (C=S) groups is 1. The molecule has 0 saturated carbocycles. The first-order valence-corrected chi connectivity index (χ1v) is 7.30. The Labute approximate surface area is 117 Å². The van der Waals surface area contributed by atoms with Crippen LogP contribution in [0.1, 0.15) is 6.92 Å². The highest BCUT2D eigenvalue weighted by atomic mass is 32.2. The zero-order valence-corrected chi connectivity index (χ0v) is 11.8. The Morgan fingerprint density at radius 2 is 2.44 bits per heavy atom. The Bertz CT molecular complexity index is 611. The zero-order chi connectivity index (χ0) is 13.1. The molecule has 0 spiro atoms. The van der Waals surface area contributed by atoms with Gasteiger partial charge in [0.1, 0.15) is 4.32 Å². The summed E-state index contributed by atoms with van der Waals surface area (Å²) in [6.45, 7) is 2.01. The first-order valence-electron chi connectivity index (χ1n) is 5.09. The lowest BCUT2D eigenvalue weighted by molar-refractivity contribution is -0.384. The molecule has 0 radical (unpaired) electrons. The molecule has 1 aromatic carbocycles. The molecule has 5 nitrogen and oxygen atoms in total. The molecular weight excluding hydrogens is 290 g/mol. The quantitative estimate of drug-likeness (QED) is 0.530. The Morgan fingerprint density at radius 3 is 3.11 bits per heavy atom. The van der Waals surface area contributed by atoms with Crippen molar-refractivity contribution in [3.8, 4) is 0 Å². The largest absolute Gasteiger partial charge is 0.317 e. The maximum Gasteiger partial charge on any atom is 0.270 e. The van der Waals surface area contributed by atoms with E-state index in [0.29, 0.717) is 9.45 Å². The second kappa shape index (κ2) is 5.59. The van der Waals surface area contributed by atoms with E-state index in [9.17, 15) is 10.1 Å². The van der Waals surface area contributed by atoms with E-state index < -0.39 is 4.92 Å². The van der Waals surface area contributed by atoms with Crippen LogP contribution in [0, 0.1) is 10.1 Å². The standard InChI is InChI=1S/C10H9N3O2S3/c1-2-17-10(16)12-9-11-7-4-3-6(13(14)15)5-8(7)18-9/h3-5H,2H2,1H3,(H,11,12,16). The number of benzene rings is 1. The van der Waals surface area contributed by atoms with Crippen LogP contribution < -0.4 is 5.32 Å². The van der Waals surface area contributed by atoms with Gasteiger partial charge in [-0.25, -0.2) is 4.98 Å². The summed E-state index contributed by atoms with van der Waals surface area (Å²) in [5.41, 5.74) is 0.806. The van der Waals surface area contributed by atoms with Gasteiger partial charge in [-0.1, -0.05) is 42.2 Å². The molecule has 0 amide bonds. The number of nitro groups is 1. The highest BCUT2D eigenvalue weighted by Gasteiger charge is 2.10. The Balaban J connectivity index is 2.27. The van der Waals surface area contributed by atoms with E-state index in [-0.39, 0.29) is 5.69 Å². The smallest absolute Gasteiger partial charge is 0.270 e. The lowest BCUT2D eigenvalue weighted by Gasteiger charge is -2.00. The third-order valence-electron chi connectivity index (χ3n) is 2.07. The van der Waals surface area contributed by atoms with E-state index in [4.69, 9.17) is 12.2 Å². The van der Waals surface area contributed by atoms with Crippen LogP contribution in [0.15, 0.2) is 18.2 Å². The number of hydrogen-bond acceptors (Lipinski definition) is 6. The molecule has 0 unspecified atom stereocenters. The third-order valence-corrected chi connectivity index (χ3v) is 4.11. The van der Waals surface area contributed by atoms with E-state index in [2.05, 4.69) is 10.3 Å². The van der Waals surface area contributed by atoms with Gasteiger partial charge in [0, 0.05) is 12.1 Å². The number of rotatable bonds is 3. The van der Waals surface area contributed by atoms with Gasteiger partial charge >= 0.3 is 0 Å². The molecule has 0 fully saturated rings. The van der Waals surface area contributed by atoms with Gasteiger partial charge in [-0.3, -0.25) is 10.1 Å². The molecule has 8 heteroatoms. The molecule has 2 aromatic rings. The fourth-order valence-electron chi connectivity index (χ4n) is 1.33. The van der Waals surface area contributed by atoms with Gasteiger partial charge in [0.05, 0.1) is 15.1 Å². The summed E-state index contributed by atoms with van der Waals surface area (Å²) in [5, 5.41) is 14.3. The monoisotopic (exact) mass is 299 g/mol. The molecule has 94 valence electrons. The molecule has 0 aliphatic rings. The second-order valence-electron chi connectivity index (χ2n) is 3.27. The Kier molecular flexibility index (Phi) is 4.10. The number of anilines is 1. The fraction of sp³-hybridized carbons (Fsp3) is 0.200. The highest BCUT2D eigenvalue weighted by Crippen LogP contribution is 2.29. The van der Waals surface area contributed by atoms with E-state index in [0.717, 1.165) is 16.0 Å². The number of nitro benzene ring substituents is 1. The van der Waals surface area contributed by atoms with Gasteiger partial charge in [-0.05, 0) is 11.8 Å². The van der Waals surface area contributed by atoms with Crippen molar-refractivity contribution >= 4 is 60.7 Å². The highest BCUT2D eigenvalue weighted by molar-refractivity contribution is 8.23. The molecule has 0 bridgehead atoms. The molecular formula is C10H9N3O2S3. The van der Waals surface area contributed by atoms with Gasteiger partial charge in [0.15, 0.2) is 5.13 Å². The van der Waals surface area contributed by atoms with Crippen molar-refractivity contribution in [3.63, 3.8) is 0 Å². The predicted molar refractivity (Wildman–Crippen MR) is 80.6 cm³/mol. The van der Waals surface area contributed by atoms with Crippen LogP contribution in [-0.4, -0.2) is 20.0 Å². The first-order chi connectivity index (χ1) is 8.60. The maximum atomic E-state index is 10.7. The summed E-state index contributed by atoms with van der Waals surface area (Å²) >= 11 is 8.00. The number of fused-ring (bicyclic) bond motifs is 1. The molecule has 1 heterocycles. The van der Waals surface area contributed by atoms with Crippen molar-refractivity contribution < 1.29 is 4.92 Å². The second-order valence-corrected chi connectivity index (χ2v) is 6.25. The third kappa shape index (κ3) is 2.95. The van der Waals surface area contributed by atoms with Crippen LogP contribution >= 0.6 is 35.3 Å². The maximum absolute atomic E-state index is 10.7. The Hall–Kier alpha value is -1.25. The summed E-state index contributed by atoms with van der Waals surface area (Å²) in [4.78, 5) is 14.6. The summed E-state index contributed by atoms with van der Waals surface area (Å²) in [7, 11) is 0. The van der Waals surface area contributed by atoms with E-state index in [1.165, 1.54) is 35.2 Å². The minimum atomic E-state index is -0.413.